The summed E-state index contributed by atoms with van der Waals surface area (Å²) in [6.07, 6.45) is 9.10. The lowest BCUT2D eigenvalue weighted by atomic mass is 9.52. The average Bonchev–Trinajstić information content (AvgIpc) is 2.93. The number of carboxylic acid groups (broad SMARTS) is 1. The van der Waals surface area contributed by atoms with E-state index in [1.807, 2.05) is 84.9 Å². The third kappa shape index (κ3) is 4.39. The Labute approximate surface area is 220 Å². The molecule has 5 atom stereocenters. The Morgan fingerprint density at radius 2 is 1.42 bits per heavy atom. The first-order valence-corrected chi connectivity index (χ1v) is 12.7. The molecule has 0 spiro atoms. The summed E-state index contributed by atoms with van der Waals surface area (Å²) in [6.45, 7) is 0. The highest BCUT2D eigenvalue weighted by Gasteiger charge is 2.59. The summed E-state index contributed by atoms with van der Waals surface area (Å²) in [4.78, 5) is 34.3. The second kappa shape index (κ2) is 10.1. The lowest BCUT2D eigenvalue weighted by molar-refractivity contribution is -0.166. The molecule has 0 amide bonds. The number of aliphatic carboxylic acids is 1. The van der Waals surface area contributed by atoms with Crippen molar-refractivity contribution in [1.29, 1.82) is 0 Å². The molecule has 1 fully saturated rings. The van der Waals surface area contributed by atoms with Crippen LogP contribution in [0.25, 0.3) is 17.2 Å². The third-order valence-electron chi connectivity index (χ3n) is 7.69. The zero-order valence-corrected chi connectivity index (χ0v) is 20.6. The van der Waals surface area contributed by atoms with Crippen LogP contribution in [0, 0.1) is 11.8 Å². The summed E-state index contributed by atoms with van der Waals surface area (Å²) < 4.78 is 6.06. The van der Waals surface area contributed by atoms with Crippen molar-refractivity contribution < 1.29 is 19.4 Å². The Morgan fingerprint density at radius 3 is 2.03 bits per heavy atom. The van der Waals surface area contributed by atoms with Gasteiger partial charge in [-0.2, -0.15) is 0 Å². The number of carboxylic acids is 1. The number of ether oxygens (including phenoxy) is 1. The van der Waals surface area contributed by atoms with E-state index in [-0.39, 0.29) is 5.97 Å². The van der Waals surface area contributed by atoms with Gasteiger partial charge in [-0.1, -0.05) is 78.9 Å². The van der Waals surface area contributed by atoms with Crippen molar-refractivity contribution in [2.75, 3.05) is 0 Å². The fourth-order valence-electron chi connectivity index (χ4n) is 5.90. The number of fused-ring (bicyclic) bond motifs is 1. The summed E-state index contributed by atoms with van der Waals surface area (Å²) in [7, 11) is 0. The van der Waals surface area contributed by atoms with Crippen LogP contribution < -0.4 is 0 Å². The first-order chi connectivity index (χ1) is 18.6. The minimum atomic E-state index is -0.900. The molecule has 0 bridgehead atoms. The Bertz CT molecular complexity index is 1440. The number of benzene rings is 3. The molecule has 6 nitrogen and oxygen atoms in total. The predicted octanol–water partition coefficient (Wildman–Crippen LogP) is 5.52. The fraction of sp³-hybridized carbons (Fsp3) is 0.188. The van der Waals surface area contributed by atoms with Gasteiger partial charge in [-0.05, 0) is 40.0 Å². The van der Waals surface area contributed by atoms with Crippen LogP contribution in [0.3, 0.4) is 0 Å². The summed E-state index contributed by atoms with van der Waals surface area (Å²) in [5, 5.41) is 10.2. The zero-order chi connectivity index (χ0) is 26.1. The number of esters is 1. The average molecular weight is 503 g/mol. The molecule has 4 aromatic rings. The van der Waals surface area contributed by atoms with Gasteiger partial charge in [-0.25, -0.2) is 9.97 Å². The molecule has 6 rings (SSSR count). The van der Waals surface area contributed by atoms with Gasteiger partial charge in [0.2, 0.25) is 0 Å². The number of carbonyl (C=O) groups excluding carboxylic acids is 1. The number of nitrogens with zero attached hydrogens (tertiary/aromatic N) is 2. The Morgan fingerprint density at radius 1 is 0.789 bits per heavy atom. The number of aromatic nitrogens is 2. The van der Waals surface area contributed by atoms with Crippen LogP contribution in [0.15, 0.2) is 104 Å². The molecule has 0 radical (unpaired) electrons. The molecule has 2 aliphatic carbocycles. The highest BCUT2D eigenvalue weighted by atomic mass is 16.5. The van der Waals surface area contributed by atoms with Crippen molar-refractivity contribution in [2.24, 2.45) is 11.8 Å². The normalized spacial score (nSPS) is 23.6. The maximum atomic E-state index is 13.7. The summed E-state index contributed by atoms with van der Waals surface area (Å²) >= 11 is 0. The van der Waals surface area contributed by atoms with E-state index in [0.29, 0.717) is 6.42 Å². The SMILES string of the molecule is O=C(O)C1C(c2ccccc2)C(C(=O)OC2C=Cc3cc(-c4cncnc4)ccc3C2)[C@H]1c1ccccc1. The van der Waals surface area contributed by atoms with Gasteiger partial charge in [0.15, 0.2) is 0 Å². The maximum Gasteiger partial charge on any atom is 0.310 e. The second-order valence-electron chi connectivity index (χ2n) is 9.84. The minimum Gasteiger partial charge on any atom is -0.481 e. The van der Waals surface area contributed by atoms with Crippen molar-refractivity contribution in [1.82, 2.24) is 9.97 Å². The quantitative estimate of drug-likeness (QED) is 0.349. The minimum absolute atomic E-state index is 0.360. The highest BCUT2D eigenvalue weighted by molar-refractivity contribution is 5.85. The maximum absolute atomic E-state index is 13.7. The molecule has 1 saturated carbocycles. The van der Waals surface area contributed by atoms with Crippen molar-refractivity contribution >= 4 is 18.0 Å². The van der Waals surface area contributed by atoms with Gasteiger partial charge in [0, 0.05) is 36.2 Å². The van der Waals surface area contributed by atoms with E-state index in [1.165, 1.54) is 6.33 Å². The van der Waals surface area contributed by atoms with Gasteiger partial charge in [0.1, 0.15) is 12.4 Å². The molecule has 0 aliphatic heterocycles. The Hall–Kier alpha value is -4.58. The van der Waals surface area contributed by atoms with Crippen LogP contribution in [0.1, 0.15) is 34.1 Å². The van der Waals surface area contributed by atoms with Gasteiger partial charge >= 0.3 is 11.9 Å². The molecule has 188 valence electrons. The Kier molecular flexibility index (Phi) is 6.30. The molecular formula is C32H26N2O4. The molecule has 38 heavy (non-hydrogen) atoms. The van der Waals surface area contributed by atoms with Gasteiger partial charge < -0.3 is 9.84 Å². The number of carbonyl (C=O) groups is 2. The second-order valence-corrected chi connectivity index (χ2v) is 9.84. The molecule has 6 heteroatoms. The van der Waals surface area contributed by atoms with Gasteiger partial charge in [-0.3, -0.25) is 9.59 Å². The van der Waals surface area contributed by atoms with Crippen LogP contribution in [0.5, 0.6) is 0 Å². The molecule has 1 aromatic heterocycles. The largest absolute Gasteiger partial charge is 0.481 e. The number of hydrogen-bond donors (Lipinski definition) is 1. The lowest BCUT2D eigenvalue weighted by Crippen LogP contribution is -2.52. The van der Waals surface area contributed by atoms with Crippen molar-refractivity contribution in [3.05, 3.63) is 126 Å². The first kappa shape index (κ1) is 23.8. The molecule has 3 aromatic carbocycles. The van der Waals surface area contributed by atoms with E-state index in [1.54, 1.807) is 12.4 Å². The van der Waals surface area contributed by atoms with E-state index in [0.717, 1.165) is 33.4 Å². The lowest BCUT2D eigenvalue weighted by Gasteiger charge is -2.49. The summed E-state index contributed by atoms with van der Waals surface area (Å²) in [6, 6.07) is 25.0. The van der Waals surface area contributed by atoms with Crippen LogP contribution in [-0.4, -0.2) is 33.1 Å². The summed E-state index contributed by atoms with van der Waals surface area (Å²) in [5.41, 5.74) is 5.80. The molecule has 1 N–H and O–H groups in total. The van der Waals surface area contributed by atoms with Gasteiger partial charge in [-0.15, -0.1) is 0 Å². The van der Waals surface area contributed by atoms with Gasteiger partial charge in [0.25, 0.3) is 0 Å². The van der Waals surface area contributed by atoms with Crippen molar-refractivity contribution in [2.45, 2.75) is 24.4 Å². The smallest absolute Gasteiger partial charge is 0.310 e. The van der Waals surface area contributed by atoms with Crippen molar-refractivity contribution in [3.8, 4) is 11.1 Å². The molecular weight excluding hydrogens is 476 g/mol. The zero-order valence-electron chi connectivity index (χ0n) is 20.6. The van der Waals surface area contributed by atoms with E-state index in [2.05, 4.69) is 16.0 Å². The van der Waals surface area contributed by atoms with Crippen LogP contribution in [0.2, 0.25) is 0 Å². The van der Waals surface area contributed by atoms with E-state index >= 15 is 0 Å². The molecule has 2 aliphatic rings. The first-order valence-electron chi connectivity index (χ1n) is 12.7. The number of rotatable bonds is 6. The standard InChI is InChI=1S/C32H26N2O4/c35-31(36)29-27(20-7-3-1-4-8-20)30(28(29)21-9-5-2-6-10-21)32(37)38-26-14-13-22-15-23(11-12-24(22)16-26)25-17-33-19-34-18-25/h1-15,17-19,26-30H,16H2,(H,35,36)/t26?,27-,28?,29?,30?/m0/s1. The van der Waals surface area contributed by atoms with Gasteiger partial charge in [0.05, 0.1) is 11.8 Å². The summed E-state index contributed by atoms with van der Waals surface area (Å²) in [5.74, 6) is -3.47. The van der Waals surface area contributed by atoms with Crippen molar-refractivity contribution in [3.63, 3.8) is 0 Å². The highest BCUT2D eigenvalue weighted by Crippen LogP contribution is 2.58. The Balaban J connectivity index is 1.26. The molecule has 0 saturated heterocycles. The fourth-order valence-corrected chi connectivity index (χ4v) is 5.90. The van der Waals surface area contributed by atoms with Crippen LogP contribution >= 0.6 is 0 Å². The predicted molar refractivity (Wildman–Crippen MR) is 143 cm³/mol. The third-order valence-corrected chi connectivity index (χ3v) is 7.69. The molecule has 4 unspecified atom stereocenters. The van der Waals surface area contributed by atoms with E-state index in [4.69, 9.17) is 4.74 Å². The monoisotopic (exact) mass is 502 g/mol. The van der Waals surface area contributed by atoms with E-state index in [9.17, 15) is 14.7 Å². The van der Waals surface area contributed by atoms with Crippen LogP contribution in [0.4, 0.5) is 0 Å². The molecule has 1 heterocycles. The topological polar surface area (TPSA) is 89.4 Å². The van der Waals surface area contributed by atoms with E-state index < -0.39 is 35.7 Å². The number of hydrogen-bond acceptors (Lipinski definition) is 5. The van der Waals surface area contributed by atoms with Crippen LogP contribution in [-0.2, 0) is 20.7 Å².